The van der Waals surface area contributed by atoms with Crippen LogP contribution in [0.1, 0.15) is 13.8 Å². The minimum absolute atomic E-state index is 0.127. The maximum Gasteiger partial charge on any atom is 0.234 e. The van der Waals surface area contributed by atoms with E-state index in [4.69, 9.17) is 23.7 Å². The minimum atomic E-state index is -0.127. The van der Waals surface area contributed by atoms with Crippen LogP contribution in [-0.4, -0.2) is 64.4 Å². The lowest BCUT2D eigenvalue weighted by Crippen LogP contribution is -2.36. The zero-order valence-electron chi connectivity index (χ0n) is 19.1. The van der Waals surface area contributed by atoms with Crippen LogP contribution in [0.15, 0.2) is 35.2 Å². The largest absolute Gasteiger partial charge is 0.492 e. The van der Waals surface area contributed by atoms with E-state index in [-0.39, 0.29) is 11.7 Å². The average Bonchev–Trinajstić information content (AvgIpc) is 2.85. The molecule has 1 fully saturated rings. The number of carbonyl (C=O) groups is 1. The van der Waals surface area contributed by atoms with E-state index in [1.54, 1.807) is 0 Å². The number of nitrogens with one attached hydrogen (secondary N) is 1. The fourth-order valence-corrected chi connectivity index (χ4v) is 4.42. The number of rotatable bonds is 9. The van der Waals surface area contributed by atoms with Crippen LogP contribution in [0, 0.1) is 0 Å². The van der Waals surface area contributed by atoms with Crippen molar-refractivity contribution in [2.24, 2.45) is 0 Å². The van der Waals surface area contributed by atoms with E-state index >= 15 is 0 Å². The summed E-state index contributed by atoms with van der Waals surface area (Å²) in [5.74, 6) is 2.92. The molecule has 2 aromatic carbocycles. The fraction of sp³-hybridized carbons (Fsp3) is 0.458. The molecule has 9 heteroatoms. The summed E-state index contributed by atoms with van der Waals surface area (Å²) >= 11 is 1.44. The van der Waals surface area contributed by atoms with Crippen LogP contribution >= 0.6 is 11.8 Å². The van der Waals surface area contributed by atoms with Gasteiger partial charge in [0.05, 0.1) is 43.6 Å². The predicted octanol–water partition coefficient (Wildman–Crippen LogP) is 3.82. The number of hydrogen-bond acceptors (Lipinski definition) is 8. The van der Waals surface area contributed by atoms with Gasteiger partial charge in [0.15, 0.2) is 11.5 Å². The highest BCUT2D eigenvalue weighted by Crippen LogP contribution is 2.40. The molecule has 178 valence electrons. The van der Waals surface area contributed by atoms with Crippen molar-refractivity contribution in [1.82, 2.24) is 0 Å². The zero-order valence-corrected chi connectivity index (χ0v) is 19.9. The molecule has 0 aromatic heterocycles. The first kappa shape index (κ1) is 23.4. The molecule has 0 saturated carbocycles. The number of amides is 1. The van der Waals surface area contributed by atoms with Gasteiger partial charge in [0.25, 0.3) is 0 Å². The Bertz CT molecular complexity index is 964. The summed E-state index contributed by atoms with van der Waals surface area (Å²) < 4.78 is 28.4. The van der Waals surface area contributed by atoms with Gasteiger partial charge in [-0.2, -0.15) is 0 Å². The smallest absolute Gasteiger partial charge is 0.234 e. The number of hydrogen-bond donors (Lipinski definition) is 1. The van der Waals surface area contributed by atoms with Crippen molar-refractivity contribution in [1.29, 1.82) is 0 Å². The Balaban J connectivity index is 1.47. The van der Waals surface area contributed by atoms with E-state index in [2.05, 4.69) is 10.2 Å². The molecule has 0 spiro atoms. The highest BCUT2D eigenvalue weighted by molar-refractivity contribution is 8.00. The van der Waals surface area contributed by atoms with E-state index < -0.39 is 0 Å². The first-order chi connectivity index (χ1) is 16.2. The van der Waals surface area contributed by atoms with Crippen LogP contribution in [0.3, 0.4) is 0 Å². The van der Waals surface area contributed by atoms with E-state index in [0.29, 0.717) is 56.8 Å². The first-order valence-electron chi connectivity index (χ1n) is 11.3. The predicted molar refractivity (Wildman–Crippen MR) is 129 cm³/mol. The standard InChI is InChI=1S/C24H30N2O6S/c1-3-29-21-15-19(26-7-9-28-10-8-26)22(30-4-2)14-18(21)25-24(27)16-33-17-5-6-20-23(13-17)32-12-11-31-20/h5-6,13-15H,3-4,7-12,16H2,1-2H3,(H,25,27). The molecule has 8 nitrogen and oxygen atoms in total. The topological polar surface area (TPSA) is 78.5 Å². The Labute approximate surface area is 198 Å². The summed E-state index contributed by atoms with van der Waals surface area (Å²) in [5.41, 5.74) is 1.55. The van der Waals surface area contributed by atoms with Gasteiger partial charge in [0.2, 0.25) is 5.91 Å². The Kier molecular flexibility index (Phi) is 8.06. The van der Waals surface area contributed by atoms with Crippen molar-refractivity contribution in [3.8, 4) is 23.0 Å². The van der Waals surface area contributed by atoms with Crippen molar-refractivity contribution in [3.63, 3.8) is 0 Å². The molecule has 0 aliphatic carbocycles. The first-order valence-corrected chi connectivity index (χ1v) is 12.2. The van der Waals surface area contributed by atoms with Gasteiger partial charge in [-0.3, -0.25) is 4.79 Å². The van der Waals surface area contributed by atoms with Crippen LogP contribution in [-0.2, 0) is 9.53 Å². The molecule has 1 N–H and O–H groups in total. The molecular formula is C24H30N2O6S. The van der Waals surface area contributed by atoms with E-state index in [9.17, 15) is 4.79 Å². The van der Waals surface area contributed by atoms with Gasteiger partial charge < -0.3 is 33.9 Å². The maximum atomic E-state index is 12.8. The average molecular weight is 475 g/mol. The van der Waals surface area contributed by atoms with Crippen molar-refractivity contribution in [2.75, 3.05) is 68.7 Å². The number of fused-ring (bicyclic) bond motifs is 1. The van der Waals surface area contributed by atoms with E-state index in [1.165, 1.54) is 11.8 Å². The molecule has 0 unspecified atom stereocenters. The number of benzene rings is 2. The lowest BCUT2D eigenvalue weighted by atomic mass is 10.2. The van der Waals surface area contributed by atoms with Crippen LogP contribution in [0.5, 0.6) is 23.0 Å². The van der Waals surface area contributed by atoms with Gasteiger partial charge in [-0.15, -0.1) is 11.8 Å². The number of carbonyl (C=O) groups excluding carboxylic acids is 1. The van der Waals surface area contributed by atoms with E-state index in [1.807, 2.05) is 44.2 Å². The molecule has 0 bridgehead atoms. The minimum Gasteiger partial charge on any atom is -0.492 e. The Morgan fingerprint density at radius 1 is 0.970 bits per heavy atom. The molecule has 4 rings (SSSR count). The molecule has 2 aliphatic rings. The monoisotopic (exact) mass is 474 g/mol. The summed E-state index contributed by atoms with van der Waals surface area (Å²) in [6.45, 7) is 8.88. The number of ether oxygens (including phenoxy) is 5. The molecule has 2 aliphatic heterocycles. The Hall–Kier alpha value is -2.78. The lowest BCUT2D eigenvalue weighted by Gasteiger charge is -2.31. The fourth-order valence-electron chi connectivity index (χ4n) is 3.69. The summed E-state index contributed by atoms with van der Waals surface area (Å²) in [6.07, 6.45) is 0. The van der Waals surface area contributed by atoms with Gasteiger partial charge >= 0.3 is 0 Å². The van der Waals surface area contributed by atoms with Gasteiger partial charge in [0.1, 0.15) is 24.7 Å². The number of thioether (sulfide) groups is 1. The van der Waals surface area contributed by atoms with Crippen LogP contribution in [0.2, 0.25) is 0 Å². The van der Waals surface area contributed by atoms with Gasteiger partial charge in [-0.25, -0.2) is 0 Å². The summed E-state index contributed by atoms with van der Waals surface area (Å²) in [4.78, 5) is 15.9. The summed E-state index contributed by atoms with van der Waals surface area (Å²) in [6, 6.07) is 9.51. The van der Waals surface area contributed by atoms with Crippen LogP contribution < -0.4 is 29.2 Å². The summed E-state index contributed by atoms with van der Waals surface area (Å²) in [5, 5.41) is 2.99. The van der Waals surface area contributed by atoms with Gasteiger partial charge in [-0.1, -0.05) is 0 Å². The second kappa shape index (κ2) is 11.4. The Morgan fingerprint density at radius 3 is 2.45 bits per heavy atom. The van der Waals surface area contributed by atoms with Crippen molar-refractivity contribution in [3.05, 3.63) is 30.3 Å². The molecule has 2 aromatic rings. The summed E-state index contributed by atoms with van der Waals surface area (Å²) in [7, 11) is 0. The normalized spacial score (nSPS) is 15.2. The van der Waals surface area contributed by atoms with Gasteiger partial charge in [0, 0.05) is 30.1 Å². The molecule has 0 radical (unpaired) electrons. The second-order valence-corrected chi connectivity index (χ2v) is 8.47. The lowest BCUT2D eigenvalue weighted by molar-refractivity contribution is -0.113. The number of nitrogens with zero attached hydrogens (tertiary/aromatic N) is 1. The third-order valence-electron chi connectivity index (χ3n) is 5.17. The highest BCUT2D eigenvalue weighted by atomic mass is 32.2. The van der Waals surface area contributed by atoms with Crippen LogP contribution in [0.4, 0.5) is 11.4 Å². The third kappa shape index (κ3) is 5.97. The molecule has 2 heterocycles. The number of morpholine rings is 1. The molecule has 0 atom stereocenters. The third-order valence-corrected chi connectivity index (χ3v) is 6.16. The Morgan fingerprint density at radius 2 is 1.70 bits per heavy atom. The van der Waals surface area contributed by atoms with Crippen molar-refractivity contribution < 1.29 is 28.5 Å². The molecular weight excluding hydrogens is 444 g/mol. The molecule has 33 heavy (non-hydrogen) atoms. The van der Waals surface area contributed by atoms with Crippen molar-refractivity contribution in [2.45, 2.75) is 18.7 Å². The highest BCUT2D eigenvalue weighted by Gasteiger charge is 2.21. The van der Waals surface area contributed by atoms with E-state index in [0.717, 1.165) is 35.2 Å². The maximum absolute atomic E-state index is 12.8. The second-order valence-electron chi connectivity index (χ2n) is 7.42. The molecule has 1 amide bonds. The molecule has 1 saturated heterocycles. The number of anilines is 2. The van der Waals surface area contributed by atoms with Crippen LogP contribution in [0.25, 0.3) is 0 Å². The quantitative estimate of drug-likeness (QED) is 0.550. The SMILES string of the molecule is CCOc1cc(N2CCOCC2)c(OCC)cc1NC(=O)CSc1ccc2c(c1)OCCO2. The van der Waals surface area contributed by atoms with Gasteiger partial charge in [-0.05, 0) is 32.0 Å². The van der Waals surface area contributed by atoms with Crippen molar-refractivity contribution >= 4 is 29.0 Å². The zero-order chi connectivity index (χ0) is 23.0.